The van der Waals surface area contributed by atoms with Gasteiger partial charge in [0.05, 0.1) is 7.11 Å². The van der Waals surface area contributed by atoms with Crippen LogP contribution in [0, 0.1) is 0 Å². The Morgan fingerprint density at radius 3 is 2.25 bits per heavy atom. The van der Waals surface area contributed by atoms with Gasteiger partial charge in [0.2, 0.25) is 0 Å². The number of alkyl halides is 3. The predicted molar refractivity (Wildman–Crippen MR) is 61.0 cm³/mol. The highest BCUT2D eigenvalue weighted by atomic mass is 19.4. The summed E-state index contributed by atoms with van der Waals surface area (Å²) in [5.74, 6) is -1.07. The molecule has 2 unspecified atom stereocenters. The lowest BCUT2D eigenvalue weighted by molar-refractivity contribution is -0.157. The molecule has 2 N–H and O–H groups in total. The van der Waals surface area contributed by atoms with E-state index in [1.807, 2.05) is 0 Å². The van der Waals surface area contributed by atoms with Gasteiger partial charge in [0.25, 0.3) is 0 Å². The van der Waals surface area contributed by atoms with Gasteiger partial charge in [-0.15, -0.1) is 0 Å². The normalized spacial score (nSPS) is 14.5. The SMILES string of the molecule is COC(=O)C(O)C(O)c1ccc(OCC(F)(F)F)cc1. The van der Waals surface area contributed by atoms with Gasteiger partial charge in [-0.1, -0.05) is 12.1 Å². The van der Waals surface area contributed by atoms with Gasteiger partial charge in [0, 0.05) is 0 Å². The Morgan fingerprint density at radius 2 is 1.80 bits per heavy atom. The monoisotopic (exact) mass is 294 g/mol. The molecule has 5 nitrogen and oxygen atoms in total. The summed E-state index contributed by atoms with van der Waals surface area (Å²) in [5.41, 5.74) is 0.141. The lowest BCUT2D eigenvalue weighted by Crippen LogP contribution is -2.29. The van der Waals surface area contributed by atoms with Crippen LogP contribution in [0.3, 0.4) is 0 Å². The number of rotatable bonds is 5. The van der Waals surface area contributed by atoms with Gasteiger partial charge in [-0.05, 0) is 17.7 Å². The fraction of sp³-hybridized carbons (Fsp3) is 0.417. The van der Waals surface area contributed by atoms with Gasteiger partial charge in [0.15, 0.2) is 12.7 Å². The van der Waals surface area contributed by atoms with Crippen molar-refractivity contribution in [2.75, 3.05) is 13.7 Å². The van der Waals surface area contributed by atoms with Crippen molar-refractivity contribution >= 4 is 5.97 Å². The minimum absolute atomic E-state index is 0.0502. The fourth-order valence-electron chi connectivity index (χ4n) is 1.36. The zero-order valence-corrected chi connectivity index (χ0v) is 10.4. The van der Waals surface area contributed by atoms with E-state index < -0.39 is 31.0 Å². The standard InChI is InChI=1S/C12H13F3O5/c1-19-11(18)10(17)9(16)7-2-4-8(5-3-7)20-6-12(13,14)15/h2-5,9-10,16-17H,6H2,1H3. The quantitative estimate of drug-likeness (QED) is 0.798. The molecule has 0 aromatic heterocycles. The van der Waals surface area contributed by atoms with E-state index in [-0.39, 0.29) is 11.3 Å². The zero-order valence-electron chi connectivity index (χ0n) is 10.4. The summed E-state index contributed by atoms with van der Waals surface area (Å²) in [7, 11) is 1.05. The second-order valence-corrected chi connectivity index (χ2v) is 3.89. The van der Waals surface area contributed by atoms with E-state index in [1.54, 1.807) is 0 Å². The maximum atomic E-state index is 11.9. The molecular weight excluding hydrogens is 281 g/mol. The van der Waals surface area contributed by atoms with E-state index >= 15 is 0 Å². The van der Waals surface area contributed by atoms with Gasteiger partial charge < -0.3 is 19.7 Å². The molecule has 1 aromatic carbocycles. The molecule has 1 rings (SSSR count). The lowest BCUT2D eigenvalue weighted by Gasteiger charge is -2.16. The predicted octanol–water partition coefficient (Wildman–Crippen LogP) is 1.19. The van der Waals surface area contributed by atoms with Gasteiger partial charge in [-0.25, -0.2) is 4.79 Å². The molecule has 0 aliphatic rings. The molecule has 0 aliphatic carbocycles. The molecule has 0 bridgehead atoms. The number of hydrogen-bond acceptors (Lipinski definition) is 5. The second-order valence-electron chi connectivity index (χ2n) is 3.89. The van der Waals surface area contributed by atoms with Crippen LogP contribution in [-0.4, -0.2) is 42.2 Å². The van der Waals surface area contributed by atoms with Crippen LogP contribution in [0.15, 0.2) is 24.3 Å². The molecule has 0 heterocycles. The molecule has 20 heavy (non-hydrogen) atoms. The first-order valence-corrected chi connectivity index (χ1v) is 5.48. The Balaban J connectivity index is 2.68. The molecule has 112 valence electrons. The maximum Gasteiger partial charge on any atom is 0.422 e. The molecular formula is C12H13F3O5. The van der Waals surface area contributed by atoms with Crippen LogP contribution in [-0.2, 0) is 9.53 Å². The third-order valence-corrected chi connectivity index (χ3v) is 2.37. The van der Waals surface area contributed by atoms with Crippen LogP contribution in [0.25, 0.3) is 0 Å². The van der Waals surface area contributed by atoms with Crippen molar-refractivity contribution in [3.8, 4) is 5.75 Å². The summed E-state index contributed by atoms with van der Waals surface area (Å²) in [6.07, 6.45) is -7.76. The molecule has 2 atom stereocenters. The summed E-state index contributed by atoms with van der Waals surface area (Å²) < 4.78 is 44.5. The van der Waals surface area contributed by atoms with E-state index in [0.29, 0.717) is 0 Å². The van der Waals surface area contributed by atoms with Crippen LogP contribution in [0.4, 0.5) is 13.2 Å². The zero-order chi connectivity index (χ0) is 15.3. The van der Waals surface area contributed by atoms with E-state index in [2.05, 4.69) is 9.47 Å². The molecule has 0 fully saturated rings. The molecule has 0 radical (unpaired) electrons. The molecule has 0 amide bonds. The first-order valence-electron chi connectivity index (χ1n) is 5.48. The summed E-state index contributed by atoms with van der Waals surface area (Å²) in [6.45, 7) is -1.43. The van der Waals surface area contributed by atoms with Gasteiger partial charge in [-0.3, -0.25) is 0 Å². The van der Waals surface area contributed by atoms with Crippen molar-refractivity contribution in [1.29, 1.82) is 0 Å². The van der Waals surface area contributed by atoms with Crippen molar-refractivity contribution in [2.24, 2.45) is 0 Å². The fourth-order valence-corrected chi connectivity index (χ4v) is 1.36. The van der Waals surface area contributed by atoms with Gasteiger partial charge >= 0.3 is 12.1 Å². The molecule has 8 heteroatoms. The highest BCUT2D eigenvalue weighted by Crippen LogP contribution is 2.23. The van der Waals surface area contributed by atoms with Crippen molar-refractivity contribution in [3.05, 3.63) is 29.8 Å². The van der Waals surface area contributed by atoms with Crippen LogP contribution in [0.5, 0.6) is 5.75 Å². The summed E-state index contributed by atoms with van der Waals surface area (Å²) in [6, 6.07) is 4.85. The summed E-state index contributed by atoms with van der Waals surface area (Å²) in [5, 5.41) is 19.1. The second kappa shape index (κ2) is 6.58. The van der Waals surface area contributed by atoms with Crippen molar-refractivity contribution in [3.63, 3.8) is 0 Å². The maximum absolute atomic E-state index is 11.9. The number of benzene rings is 1. The first kappa shape index (κ1) is 16.3. The van der Waals surface area contributed by atoms with E-state index in [9.17, 15) is 28.2 Å². The molecule has 0 saturated heterocycles. The Morgan fingerprint density at radius 1 is 1.25 bits per heavy atom. The molecule has 1 aromatic rings. The number of carbonyl (C=O) groups excluding carboxylic acids is 1. The van der Waals surface area contributed by atoms with E-state index in [0.717, 1.165) is 7.11 Å². The van der Waals surface area contributed by atoms with Crippen LogP contribution in [0.1, 0.15) is 11.7 Å². The Bertz CT molecular complexity index is 443. The van der Waals surface area contributed by atoms with E-state index in [4.69, 9.17) is 0 Å². The molecule has 0 spiro atoms. The minimum Gasteiger partial charge on any atom is -0.484 e. The van der Waals surface area contributed by atoms with Crippen molar-refractivity contribution in [2.45, 2.75) is 18.4 Å². The van der Waals surface area contributed by atoms with Gasteiger partial charge in [-0.2, -0.15) is 13.2 Å². The lowest BCUT2D eigenvalue weighted by atomic mass is 10.0. The van der Waals surface area contributed by atoms with E-state index in [1.165, 1.54) is 24.3 Å². The number of esters is 1. The van der Waals surface area contributed by atoms with Gasteiger partial charge in [0.1, 0.15) is 11.9 Å². The average molecular weight is 294 g/mol. The number of methoxy groups -OCH3 is 1. The number of carbonyl (C=O) groups is 1. The molecule has 0 aliphatic heterocycles. The Kier molecular flexibility index (Phi) is 5.34. The van der Waals surface area contributed by atoms with Crippen molar-refractivity contribution < 1.29 is 37.7 Å². The van der Waals surface area contributed by atoms with Crippen LogP contribution < -0.4 is 4.74 Å². The first-order chi connectivity index (χ1) is 9.24. The largest absolute Gasteiger partial charge is 0.484 e. The number of aliphatic hydroxyl groups excluding tert-OH is 2. The Hall–Kier alpha value is -1.80. The summed E-state index contributed by atoms with van der Waals surface area (Å²) in [4.78, 5) is 11.0. The number of aliphatic hydroxyl groups is 2. The third-order valence-electron chi connectivity index (χ3n) is 2.37. The van der Waals surface area contributed by atoms with Crippen LogP contribution in [0.2, 0.25) is 0 Å². The number of halogens is 3. The smallest absolute Gasteiger partial charge is 0.422 e. The Labute approximate surface area is 112 Å². The molecule has 0 saturated carbocycles. The van der Waals surface area contributed by atoms with Crippen molar-refractivity contribution in [1.82, 2.24) is 0 Å². The number of hydrogen-bond donors (Lipinski definition) is 2. The third kappa shape index (κ3) is 4.71. The highest BCUT2D eigenvalue weighted by molar-refractivity contribution is 5.75. The number of ether oxygens (including phenoxy) is 2. The van der Waals surface area contributed by atoms with Crippen LogP contribution >= 0.6 is 0 Å². The summed E-state index contributed by atoms with van der Waals surface area (Å²) >= 11 is 0. The minimum atomic E-state index is -4.45. The topological polar surface area (TPSA) is 76.0 Å². The highest BCUT2D eigenvalue weighted by Gasteiger charge is 2.29. The average Bonchev–Trinajstić information content (AvgIpc) is 2.42.